The van der Waals surface area contributed by atoms with Crippen molar-refractivity contribution in [2.45, 2.75) is 25.2 Å². The van der Waals surface area contributed by atoms with E-state index in [9.17, 15) is 13.2 Å². The molecular weight excluding hydrogens is 264 g/mol. The molecule has 5 nitrogen and oxygen atoms in total. The van der Waals surface area contributed by atoms with E-state index in [4.69, 9.17) is 5.26 Å². The molecule has 1 fully saturated rings. The first-order chi connectivity index (χ1) is 8.85. The number of nitriles is 1. The van der Waals surface area contributed by atoms with E-state index >= 15 is 0 Å². The number of benzene rings is 1. The zero-order valence-electron chi connectivity index (χ0n) is 10.7. The third-order valence-corrected chi connectivity index (χ3v) is 4.78. The van der Waals surface area contributed by atoms with E-state index < -0.39 is 15.9 Å². The maximum atomic E-state index is 12.1. The Balaban J connectivity index is 2.29. The number of amides is 1. The summed E-state index contributed by atoms with van der Waals surface area (Å²) in [6.45, 7) is 3.53. The van der Waals surface area contributed by atoms with Gasteiger partial charge < -0.3 is 0 Å². The molecule has 1 N–H and O–H groups in total. The SMILES string of the molecule is Cc1ccc(C#N)cc1S(=O)(=O)NC(=O)[C@H]1C[C@H]1C. The van der Waals surface area contributed by atoms with E-state index in [1.54, 1.807) is 19.1 Å². The number of carbonyl (C=O) groups is 1. The molecule has 2 rings (SSSR count). The predicted octanol–water partition coefficient (Wildman–Crippen LogP) is 1.33. The Kier molecular flexibility index (Phi) is 3.33. The van der Waals surface area contributed by atoms with Crippen LogP contribution in [0.15, 0.2) is 23.1 Å². The quantitative estimate of drug-likeness (QED) is 0.903. The van der Waals surface area contributed by atoms with Gasteiger partial charge in [0.15, 0.2) is 0 Å². The van der Waals surface area contributed by atoms with Gasteiger partial charge in [-0.2, -0.15) is 5.26 Å². The van der Waals surface area contributed by atoms with Crippen LogP contribution in [-0.2, 0) is 14.8 Å². The van der Waals surface area contributed by atoms with E-state index in [1.165, 1.54) is 6.07 Å². The fourth-order valence-electron chi connectivity index (χ4n) is 1.91. The molecule has 2 atom stereocenters. The topological polar surface area (TPSA) is 87.0 Å². The molecule has 0 radical (unpaired) electrons. The fourth-order valence-corrected chi connectivity index (χ4v) is 3.21. The zero-order valence-corrected chi connectivity index (χ0v) is 11.5. The molecule has 6 heteroatoms. The molecule has 0 unspecified atom stereocenters. The van der Waals surface area contributed by atoms with Crippen LogP contribution in [0.25, 0.3) is 0 Å². The van der Waals surface area contributed by atoms with Crippen LogP contribution in [0.5, 0.6) is 0 Å². The molecule has 0 bridgehead atoms. The van der Waals surface area contributed by atoms with E-state index in [-0.39, 0.29) is 22.3 Å². The van der Waals surface area contributed by atoms with E-state index in [0.717, 1.165) is 6.42 Å². The van der Waals surface area contributed by atoms with Gasteiger partial charge in [0.25, 0.3) is 10.0 Å². The summed E-state index contributed by atoms with van der Waals surface area (Å²) in [5, 5.41) is 8.80. The molecule has 19 heavy (non-hydrogen) atoms. The Morgan fingerprint density at radius 3 is 2.63 bits per heavy atom. The molecule has 1 aliphatic rings. The lowest BCUT2D eigenvalue weighted by Gasteiger charge is -2.09. The number of hydrogen-bond donors (Lipinski definition) is 1. The average Bonchev–Trinajstić information content (AvgIpc) is 3.06. The molecule has 0 spiro atoms. The molecular formula is C13H14N2O3S. The first-order valence-electron chi connectivity index (χ1n) is 5.92. The molecule has 1 saturated carbocycles. The van der Waals surface area contributed by atoms with Gasteiger partial charge in [0, 0.05) is 5.92 Å². The third-order valence-electron chi connectivity index (χ3n) is 3.29. The summed E-state index contributed by atoms with van der Waals surface area (Å²) in [7, 11) is -3.90. The van der Waals surface area contributed by atoms with Crippen molar-refractivity contribution in [1.29, 1.82) is 5.26 Å². The molecule has 1 aliphatic carbocycles. The monoisotopic (exact) mass is 278 g/mol. The van der Waals surface area contributed by atoms with Crippen LogP contribution in [0, 0.1) is 30.1 Å². The summed E-state index contributed by atoms with van der Waals surface area (Å²) in [4.78, 5) is 11.7. The Morgan fingerprint density at radius 1 is 1.47 bits per heavy atom. The normalized spacial score (nSPS) is 21.5. The summed E-state index contributed by atoms with van der Waals surface area (Å²) in [6, 6.07) is 6.26. The van der Waals surface area contributed by atoms with Crippen LogP contribution in [0.3, 0.4) is 0 Å². The van der Waals surface area contributed by atoms with Crippen molar-refractivity contribution in [3.8, 4) is 6.07 Å². The van der Waals surface area contributed by atoms with Crippen LogP contribution < -0.4 is 4.72 Å². The number of carbonyl (C=O) groups excluding carboxylic acids is 1. The minimum atomic E-state index is -3.90. The Labute approximate surface area is 112 Å². The lowest BCUT2D eigenvalue weighted by atomic mass is 10.2. The van der Waals surface area contributed by atoms with Crippen LogP contribution in [0.1, 0.15) is 24.5 Å². The van der Waals surface area contributed by atoms with Crippen molar-refractivity contribution in [2.75, 3.05) is 0 Å². The van der Waals surface area contributed by atoms with E-state index in [1.807, 2.05) is 13.0 Å². The second kappa shape index (κ2) is 4.67. The van der Waals surface area contributed by atoms with Gasteiger partial charge in [0.2, 0.25) is 5.91 Å². The highest BCUT2D eigenvalue weighted by Gasteiger charge is 2.40. The first-order valence-corrected chi connectivity index (χ1v) is 7.41. The summed E-state index contributed by atoms with van der Waals surface area (Å²) in [5.74, 6) is -0.440. The lowest BCUT2D eigenvalue weighted by molar-refractivity contribution is -0.120. The second-order valence-electron chi connectivity index (χ2n) is 4.88. The standard InChI is InChI=1S/C13H14N2O3S/c1-8-3-4-10(7-14)6-12(8)19(17,18)15-13(16)11-5-9(11)2/h3-4,6,9,11H,5H2,1-2H3,(H,15,16)/t9-,11+/m1/s1. The lowest BCUT2D eigenvalue weighted by Crippen LogP contribution is -2.32. The van der Waals surface area contributed by atoms with Gasteiger partial charge in [-0.05, 0) is 37.0 Å². The highest BCUT2D eigenvalue weighted by molar-refractivity contribution is 7.90. The fraction of sp³-hybridized carbons (Fsp3) is 0.385. The van der Waals surface area contributed by atoms with Crippen molar-refractivity contribution in [2.24, 2.45) is 11.8 Å². The van der Waals surface area contributed by atoms with Crippen LogP contribution in [0.2, 0.25) is 0 Å². The van der Waals surface area contributed by atoms with Crippen LogP contribution in [-0.4, -0.2) is 14.3 Å². The summed E-state index contributed by atoms with van der Waals surface area (Å²) in [5.41, 5.74) is 0.751. The Morgan fingerprint density at radius 2 is 2.11 bits per heavy atom. The van der Waals surface area contributed by atoms with Crippen LogP contribution >= 0.6 is 0 Å². The van der Waals surface area contributed by atoms with Gasteiger partial charge in [-0.15, -0.1) is 0 Å². The Hall–Kier alpha value is -1.87. The largest absolute Gasteiger partial charge is 0.274 e. The number of rotatable bonds is 3. The maximum Gasteiger partial charge on any atom is 0.264 e. The van der Waals surface area contributed by atoms with Gasteiger partial charge in [0.1, 0.15) is 0 Å². The summed E-state index contributed by atoms with van der Waals surface area (Å²) in [6.07, 6.45) is 0.721. The Bertz CT molecular complexity index is 674. The van der Waals surface area contributed by atoms with Crippen molar-refractivity contribution in [3.05, 3.63) is 29.3 Å². The number of nitrogens with zero attached hydrogens (tertiary/aromatic N) is 1. The summed E-state index contributed by atoms with van der Waals surface area (Å²) < 4.78 is 26.3. The van der Waals surface area contributed by atoms with Crippen LogP contribution in [0.4, 0.5) is 0 Å². The first kappa shape index (κ1) is 13.6. The third kappa shape index (κ3) is 2.76. The van der Waals surface area contributed by atoms with Crippen molar-refractivity contribution < 1.29 is 13.2 Å². The molecule has 0 heterocycles. The average molecular weight is 278 g/mol. The molecule has 100 valence electrons. The highest BCUT2D eigenvalue weighted by Crippen LogP contribution is 2.38. The molecule has 1 aromatic carbocycles. The number of aryl methyl sites for hydroxylation is 1. The van der Waals surface area contributed by atoms with Crippen molar-refractivity contribution in [1.82, 2.24) is 4.72 Å². The van der Waals surface area contributed by atoms with Gasteiger partial charge in [-0.3, -0.25) is 4.79 Å². The molecule has 1 aromatic rings. The number of sulfonamides is 1. The van der Waals surface area contributed by atoms with Crippen molar-refractivity contribution in [3.63, 3.8) is 0 Å². The highest BCUT2D eigenvalue weighted by atomic mass is 32.2. The van der Waals surface area contributed by atoms with Gasteiger partial charge in [-0.25, -0.2) is 13.1 Å². The number of nitrogens with one attached hydrogen (secondary N) is 1. The second-order valence-corrected chi connectivity index (χ2v) is 6.53. The van der Waals surface area contributed by atoms with Gasteiger partial charge in [0.05, 0.1) is 16.5 Å². The minimum absolute atomic E-state index is 0.0202. The maximum absolute atomic E-state index is 12.1. The van der Waals surface area contributed by atoms with Gasteiger partial charge >= 0.3 is 0 Å². The molecule has 1 amide bonds. The summed E-state index contributed by atoms with van der Waals surface area (Å²) >= 11 is 0. The molecule has 0 aliphatic heterocycles. The predicted molar refractivity (Wildman–Crippen MR) is 68.5 cm³/mol. The van der Waals surface area contributed by atoms with Crippen molar-refractivity contribution >= 4 is 15.9 Å². The molecule has 0 aromatic heterocycles. The van der Waals surface area contributed by atoms with Gasteiger partial charge in [-0.1, -0.05) is 13.0 Å². The number of hydrogen-bond acceptors (Lipinski definition) is 4. The zero-order chi connectivity index (χ0) is 14.2. The van der Waals surface area contributed by atoms with E-state index in [2.05, 4.69) is 4.72 Å². The van der Waals surface area contributed by atoms with E-state index in [0.29, 0.717) is 5.56 Å². The smallest absolute Gasteiger partial charge is 0.264 e. The minimum Gasteiger partial charge on any atom is -0.274 e. The molecule has 0 saturated heterocycles.